The van der Waals surface area contributed by atoms with Gasteiger partial charge in [-0.3, -0.25) is 4.68 Å². The van der Waals surface area contributed by atoms with Gasteiger partial charge in [0.1, 0.15) is 6.07 Å². The summed E-state index contributed by atoms with van der Waals surface area (Å²) in [5.41, 5.74) is 2.27. The SMILES string of the molecule is Cc1cc(Sc2ccc(CO)cc2C#N)n(C)n1. The fourth-order valence-corrected chi connectivity index (χ4v) is 2.63. The molecule has 0 saturated heterocycles. The van der Waals surface area contributed by atoms with Crippen molar-refractivity contribution in [3.05, 3.63) is 41.1 Å². The van der Waals surface area contributed by atoms with Gasteiger partial charge in [-0.2, -0.15) is 10.4 Å². The summed E-state index contributed by atoms with van der Waals surface area (Å²) in [6.45, 7) is 1.88. The van der Waals surface area contributed by atoms with E-state index in [0.717, 1.165) is 21.2 Å². The van der Waals surface area contributed by atoms with Gasteiger partial charge >= 0.3 is 0 Å². The van der Waals surface area contributed by atoms with Crippen LogP contribution in [0.3, 0.4) is 0 Å². The van der Waals surface area contributed by atoms with Crippen LogP contribution in [0, 0.1) is 18.3 Å². The van der Waals surface area contributed by atoms with Crippen molar-refractivity contribution in [1.82, 2.24) is 9.78 Å². The van der Waals surface area contributed by atoms with E-state index >= 15 is 0 Å². The van der Waals surface area contributed by atoms with E-state index < -0.39 is 0 Å². The van der Waals surface area contributed by atoms with E-state index in [1.807, 2.05) is 32.2 Å². The highest BCUT2D eigenvalue weighted by Gasteiger charge is 2.09. The van der Waals surface area contributed by atoms with Crippen LogP contribution in [-0.2, 0) is 13.7 Å². The van der Waals surface area contributed by atoms with Crippen molar-refractivity contribution in [2.24, 2.45) is 7.05 Å². The number of rotatable bonds is 3. The Bertz CT molecular complexity index is 613. The minimum atomic E-state index is -0.0511. The standard InChI is InChI=1S/C13H13N3OS/c1-9-5-13(16(2)15-9)18-12-4-3-10(8-17)6-11(12)7-14/h3-6,17H,8H2,1-2H3. The van der Waals surface area contributed by atoms with E-state index in [1.54, 1.807) is 10.7 Å². The molecule has 0 bridgehead atoms. The Hall–Kier alpha value is -1.77. The van der Waals surface area contributed by atoms with Gasteiger partial charge in [0.25, 0.3) is 0 Å². The molecule has 1 aromatic heterocycles. The zero-order valence-electron chi connectivity index (χ0n) is 10.2. The van der Waals surface area contributed by atoms with E-state index in [2.05, 4.69) is 11.2 Å². The highest BCUT2D eigenvalue weighted by molar-refractivity contribution is 7.99. The fraction of sp³-hybridized carbons (Fsp3) is 0.231. The molecule has 0 radical (unpaired) electrons. The molecule has 2 aromatic rings. The average Bonchev–Trinajstić information content (AvgIpc) is 2.68. The molecule has 0 amide bonds. The summed E-state index contributed by atoms with van der Waals surface area (Å²) < 4.78 is 1.79. The number of nitriles is 1. The summed E-state index contributed by atoms with van der Waals surface area (Å²) in [6, 6.07) is 9.53. The van der Waals surface area contributed by atoms with Crippen LogP contribution < -0.4 is 0 Å². The Labute approximate surface area is 110 Å². The molecule has 0 aliphatic carbocycles. The van der Waals surface area contributed by atoms with Gasteiger partial charge in [-0.05, 0) is 30.7 Å². The molecule has 0 fully saturated rings. The number of aliphatic hydroxyl groups excluding tert-OH is 1. The molecular weight excluding hydrogens is 246 g/mol. The molecule has 1 aromatic carbocycles. The number of aromatic nitrogens is 2. The van der Waals surface area contributed by atoms with E-state index in [-0.39, 0.29) is 6.61 Å². The first-order valence-electron chi connectivity index (χ1n) is 5.46. The Kier molecular flexibility index (Phi) is 3.70. The number of aliphatic hydroxyl groups is 1. The van der Waals surface area contributed by atoms with Gasteiger partial charge < -0.3 is 5.11 Å². The topological polar surface area (TPSA) is 61.8 Å². The molecule has 0 unspecified atom stereocenters. The van der Waals surface area contributed by atoms with Crippen LogP contribution in [0.15, 0.2) is 34.2 Å². The van der Waals surface area contributed by atoms with Crippen LogP contribution in [0.1, 0.15) is 16.8 Å². The maximum absolute atomic E-state index is 9.12. The van der Waals surface area contributed by atoms with Crippen molar-refractivity contribution in [2.75, 3.05) is 0 Å². The van der Waals surface area contributed by atoms with Gasteiger partial charge in [-0.1, -0.05) is 17.8 Å². The van der Waals surface area contributed by atoms with Crippen molar-refractivity contribution in [1.29, 1.82) is 5.26 Å². The maximum atomic E-state index is 9.12. The Morgan fingerprint density at radius 2 is 2.22 bits per heavy atom. The molecule has 0 atom stereocenters. The molecule has 1 N–H and O–H groups in total. The van der Waals surface area contributed by atoms with Crippen LogP contribution in [0.25, 0.3) is 0 Å². The smallest absolute Gasteiger partial charge is 0.100 e. The van der Waals surface area contributed by atoms with Gasteiger partial charge in [0.2, 0.25) is 0 Å². The third-order valence-electron chi connectivity index (χ3n) is 2.52. The molecule has 0 aliphatic rings. The molecule has 0 spiro atoms. The van der Waals surface area contributed by atoms with Crippen LogP contribution >= 0.6 is 11.8 Å². The largest absolute Gasteiger partial charge is 0.392 e. The first-order valence-corrected chi connectivity index (χ1v) is 6.28. The molecular formula is C13H13N3OS. The second-order valence-corrected chi connectivity index (χ2v) is 5.01. The van der Waals surface area contributed by atoms with Crippen molar-refractivity contribution in [2.45, 2.75) is 23.5 Å². The van der Waals surface area contributed by atoms with E-state index in [4.69, 9.17) is 10.4 Å². The predicted octanol–water partition coefficient (Wildman–Crippen LogP) is 2.24. The maximum Gasteiger partial charge on any atom is 0.100 e. The van der Waals surface area contributed by atoms with Crippen LogP contribution in [0.2, 0.25) is 0 Å². The molecule has 0 saturated carbocycles. The van der Waals surface area contributed by atoms with E-state index in [1.165, 1.54) is 11.8 Å². The molecule has 2 rings (SSSR count). The van der Waals surface area contributed by atoms with E-state index in [0.29, 0.717) is 5.56 Å². The Morgan fingerprint density at radius 3 is 2.78 bits per heavy atom. The zero-order valence-corrected chi connectivity index (χ0v) is 11.0. The summed E-state index contributed by atoms with van der Waals surface area (Å²) in [5.74, 6) is 0. The van der Waals surface area contributed by atoms with Gasteiger partial charge in [0.15, 0.2) is 0 Å². The van der Waals surface area contributed by atoms with Crippen molar-refractivity contribution in [3.8, 4) is 6.07 Å². The van der Waals surface area contributed by atoms with Gasteiger partial charge in [0, 0.05) is 11.9 Å². The minimum Gasteiger partial charge on any atom is -0.392 e. The summed E-state index contributed by atoms with van der Waals surface area (Å²) >= 11 is 1.50. The van der Waals surface area contributed by atoms with Gasteiger partial charge in [-0.25, -0.2) is 0 Å². The van der Waals surface area contributed by atoms with Gasteiger partial charge in [0.05, 0.1) is 22.9 Å². The van der Waals surface area contributed by atoms with E-state index in [9.17, 15) is 0 Å². The zero-order chi connectivity index (χ0) is 13.1. The summed E-state index contributed by atoms with van der Waals surface area (Å²) in [5, 5.41) is 23.4. The normalized spacial score (nSPS) is 10.3. The third kappa shape index (κ3) is 2.55. The molecule has 92 valence electrons. The number of hydrogen-bond acceptors (Lipinski definition) is 4. The molecule has 0 aliphatic heterocycles. The van der Waals surface area contributed by atoms with Crippen molar-refractivity contribution in [3.63, 3.8) is 0 Å². The summed E-state index contributed by atoms with van der Waals surface area (Å²) in [7, 11) is 1.88. The average molecular weight is 259 g/mol. The van der Waals surface area contributed by atoms with Crippen molar-refractivity contribution < 1.29 is 5.11 Å². The molecule has 4 nitrogen and oxygen atoms in total. The first-order chi connectivity index (χ1) is 8.63. The summed E-state index contributed by atoms with van der Waals surface area (Å²) in [6.07, 6.45) is 0. The highest BCUT2D eigenvalue weighted by Crippen LogP contribution is 2.30. The number of hydrogen-bond donors (Lipinski definition) is 1. The predicted molar refractivity (Wildman–Crippen MR) is 69.1 cm³/mol. The molecule has 1 heterocycles. The van der Waals surface area contributed by atoms with Crippen LogP contribution in [0.5, 0.6) is 0 Å². The van der Waals surface area contributed by atoms with Crippen molar-refractivity contribution >= 4 is 11.8 Å². The Balaban J connectivity index is 2.35. The lowest BCUT2D eigenvalue weighted by molar-refractivity contribution is 0.281. The number of benzene rings is 1. The molecule has 18 heavy (non-hydrogen) atoms. The number of aryl methyl sites for hydroxylation is 2. The van der Waals surface area contributed by atoms with Crippen LogP contribution in [-0.4, -0.2) is 14.9 Å². The lowest BCUT2D eigenvalue weighted by Crippen LogP contribution is -1.93. The molecule has 5 heteroatoms. The van der Waals surface area contributed by atoms with Gasteiger partial charge in [-0.15, -0.1) is 0 Å². The van der Waals surface area contributed by atoms with Crippen LogP contribution in [0.4, 0.5) is 0 Å². The second-order valence-electron chi connectivity index (χ2n) is 3.95. The Morgan fingerprint density at radius 1 is 1.44 bits per heavy atom. The lowest BCUT2D eigenvalue weighted by atomic mass is 10.1. The fourth-order valence-electron chi connectivity index (χ4n) is 1.65. The lowest BCUT2D eigenvalue weighted by Gasteiger charge is -2.05. The summed E-state index contributed by atoms with van der Waals surface area (Å²) in [4.78, 5) is 0.873. The minimum absolute atomic E-state index is 0.0511. The monoisotopic (exact) mass is 259 g/mol. The third-order valence-corrected chi connectivity index (χ3v) is 3.69. The first kappa shape index (κ1) is 12.7. The second kappa shape index (κ2) is 5.25. The quantitative estimate of drug-likeness (QED) is 0.918. The highest BCUT2D eigenvalue weighted by atomic mass is 32.2. The number of nitrogens with zero attached hydrogens (tertiary/aromatic N) is 3.